The molecule has 0 saturated heterocycles. The van der Waals surface area contributed by atoms with Crippen LogP contribution in [0, 0.1) is 0 Å². The van der Waals surface area contributed by atoms with Crippen molar-refractivity contribution in [1.29, 1.82) is 0 Å². The Bertz CT molecular complexity index is 1330. The van der Waals surface area contributed by atoms with Gasteiger partial charge in [0.05, 0.1) is 5.52 Å². The van der Waals surface area contributed by atoms with Crippen LogP contribution in [-0.2, 0) is 17.1 Å². The third-order valence-electron chi connectivity index (χ3n) is 4.89. The number of nitrogens with zero attached hydrogens (tertiary/aromatic N) is 1. The van der Waals surface area contributed by atoms with Crippen LogP contribution < -0.4 is 16.6 Å². The van der Waals surface area contributed by atoms with Gasteiger partial charge in [-0.3, -0.25) is 25.0 Å². The Kier molecular flexibility index (Phi) is 7.16. The molecule has 168 valence electrons. The van der Waals surface area contributed by atoms with Gasteiger partial charge in [0.2, 0.25) is 5.91 Å². The fourth-order valence-electron chi connectivity index (χ4n) is 3.15. The van der Waals surface area contributed by atoms with Crippen LogP contribution in [0.15, 0.2) is 86.9 Å². The number of fused-ring (bicyclic) bond motifs is 1. The number of benzene rings is 3. The quantitative estimate of drug-likeness (QED) is 0.301. The van der Waals surface area contributed by atoms with Crippen LogP contribution in [0.1, 0.15) is 22.3 Å². The minimum Gasteiger partial charge on any atom is -0.408 e. The van der Waals surface area contributed by atoms with Crippen LogP contribution in [0.5, 0.6) is 0 Å². The van der Waals surface area contributed by atoms with E-state index in [-0.39, 0.29) is 13.0 Å². The van der Waals surface area contributed by atoms with E-state index in [2.05, 4.69) is 10.9 Å². The maximum Gasteiger partial charge on any atom is 0.419 e. The van der Waals surface area contributed by atoms with Gasteiger partial charge in [-0.2, -0.15) is 0 Å². The lowest BCUT2D eigenvalue weighted by molar-refractivity contribution is -0.122. The third-order valence-corrected chi connectivity index (χ3v) is 6.22. The summed E-state index contributed by atoms with van der Waals surface area (Å²) in [5.74, 6) is -0.618. The smallest absolute Gasteiger partial charge is 0.408 e. The standard InChI is InChI=1S/C24H20ClN3O4S/c25-18-9-11-19(12-10-18)33-15-16-5-7-17(8-6-16)23(30)27-26-22(29)13-14-28-20-3-1-2-4-21(20)32-24(28)31/h1-12H,13-15H2,(H,26,29)(H,27,30). The summed E-state index contributed by atoms with van der Waals surface area (Å²) >= 11 is 7.57. The van der Waals surface area contributed by atoms with Gasteiger partial charge in [-0.25, -0.2) is 4.79 Å². The summed E-state index contributed by atoms with van der Waals surface area (Å²) < 4.78 is 6.53. The van der Waals surface area contributed by atoms with Crippen molar-refractivity contribution in [3.05, 3.63) is 99.5 Å². The number of nitrogens with one attached hydrogen (secondary N) is 2. The number of carbonyl (C=O) groups excluding carboxylic acids is 2. The van der Waals surface area contributed by atoms with Gasteiger partial charge in [-0.15, -0.1) is 11.8 Å². The van der Waals surface area contributed by atoms with E-state index in [4.69, 9.17) is 16.0 Å². The highest BCUT2D eigenvalue weighted by Gasteiger charge is 2.12. The van der Waals surface area contributed by atoms with Crippen molar-refractivity contribution < 1.29 is 14.0 Å². The molecule has 0 aliphatic heterocycles. The number of aryl methyl sites for hydroxylation is 1. The Morgan fingerprint density at radius 2 is 1.67 bits per heavy atom. The van der Waals surface area contributed by atoms with Gasteiger partial charge in [0.25, 0.3) is 5.91 Å². The summed E-state index contributed by atoms with van der Waals surface area (Å²) in [6.07, 6.45) is 0.00454. The van der Waals surface area contributed by atoms with Crippen LogP contribution in [0.2, 0.25) is 5.02 Å². The first-order chi connectivity index (χ1) is 16.0. The zero-order chi connectivity index (χ0) is 23.2. The van der Waals surface area contributed by atoms with E-state index in [1.807, 2.05) is 36.4 Å². The molecule has 0 radical (unpaired) electrons. The fraction of sp³-hybridized carbons (Fsp3) is 0.125. The molecule has 0 unspecified atom stereocenters. The largest absolute Gasteiger partial charge is 0.419 e. The van der Waals surface area contributed by atoms with E-state index in [0.717, 1.165) is 16.2 Å². The highest BCUT2D eigenvalue weighted by Crippen LogP contribution is 2.24. The Balaban J connectivity index is 1.25. The molecule has 4 aromatic rings. The summed E-state index contributed by atoms with van der Waals surface area (Å²) in [5, 5.41) is 0.700. The molecule has 1 heterocycles. The number of amides is 2. The number of thioether (sulfide) groups is 1. The second-order valence-electron chi connectivity index (χ2n) is 7.18. The van der Waals surface area contributed by atoms with Crippen molar-refractivity contribution in [2.75, 3.05) is 0 Å². The lowest BCUT2D eigenvalue weighted by Crippen LogP contribution is -2.42. The Morgan fingerprint density at radius 1 is 0.939 bits per heavy atom. The lowest BCUT2D eigenvalue weighted by atomic mass is 10.1. The second-order valence-corrected chi connectivity index (χ2v) is 8.66. The van der Waals surface area contributed by atoms with E-state index in [0.29, 0.717) is 21.7 Å². The normalized spacial score (nSPS) is 10.8. The van der Waals surface area contributed by atoms with Crippen LogP contribution in [0.3, 0.4) is 0 Å². The zero-order valence-corrected chi connectivity index (χ0v) is 19.0. The molecule has 2 amide bonds. The van der Waals surface area contributed by atoms with Gasteiger partial charge < -0.3 is 4.42 Å². The van der Waals surface area contributed by atoms with Crippen molar-refractivity contribution in [1.82, 2.24) is 15.4 Å². The maximum atomic E-state index is 12.3. The zero-order valence-electron chi connectivity index (χ0n) is 17.4. The molecule has 9 heteroatoms. The first-order valence-corrected chi connectivity index (χ1v) is 11.5. The van der Waals surface area contributed by atoms with Crippen molar-refractivity contribution in [3.8, 4) is 0 Å². The summed E-state index contributed by atoms with van der Waals surface area (Å²) in [6, 6.07) is 21.8. The number of aromatic nitrogens is 1. The maximum absolute atomic E-state index is 12.3. The first kappa shape index (κ1) is 22.7. The average molecular weight is 482 g/mol. The highest BCUT2D eigenvalue weighted by molar-refractivity contribution is 7.98. The van der Waals surface area contributed by atoms with Crippen molar-refractivity contribution in [3.63, 3.8) is 0 Å². The van der Waals surface area contributed by atoms with Crippen molar-refractivity contribution in [2.45, 2.75) is 23.6 Å². The molecule has 0 bridgehead atoms. The van der Waals surface area contributed by atoms with E-state index in [1.54, 1.807) is 48.2 Å². The van der Waals surface area contributed by atoms with Crippen LogP contribution in [-0.4, -0.2) is 16.4 Å². The highest BCUT2D eigenvalue weighted by atomic mass is 35.5. The van der Waals surface area contributed by atoms with Gasteiger partial charge in [0.1, 0.15) is 0 Å². The Hall–Kier alpha value is -3.49. The van der Waals surface area contributed by atoms with Gasteiger partial charge in [0.15, 0.2) is 5.58 Å². The van der Waals surface area contributed by atoms with E-state index < -0.39 is 17.6 Å². The number of carbonyl (C=O) groups is 2. The Labute approximate surface area is 198 Å². The number of rotatable bonds is 7. The predicted octanol–water partition coefficient (Wildman–Crippen LogP) is 4.39. The van der Waals surface area contributed by atoms with Crippen LogP contribution in [0.25, 0.3) is 11.1 Å². The molecular formula is C24H20ClN3O4S. The second kappa shape index (κ2) is 10.4. The fourth-order valence-corrected chi connectivity index (χ4v) is 4.13. The minimum absolute atomic E-state index is 0.00454. The van der Waals surface area contributed by atoms with Crippen molar-refractivity contribution >= 4 is 46.3 Å². The van der Waals surface area contributed by atoms with E-state index in [1.165, 1.54) is 4.57 Å². The van der Waals surface area contributed by atoms with Gasteiger partial charge in [-0.05, 0) is 54.1 Å². The molecule has 3 aromatic carbocycles. The van der Waals surface area contributed by atoms with E-state index in [9.17, 15) is 14.4 Å². The monoisotopic (exact) mass is 481 g/mol. The Morgan fingerprint density at radius 3 is 2.42 bits per heavy atom. The molecule has 0 aliphatic carbocycles. The summed E-state index contributed by atoms with van der Waals surface area (Å²) in [6.45, 7) is 0.136. The predicted molar refractivity (Wildman–Crippen MR) is 128 cm³/mol. The molecule has 0 spiro atoms. The van der Waals surface area contributed by atoms with Crippen LogP contribution >= 0.6 is 23.4 Å². The van der Waals surface area contributed by atoms with Gasteiger partial charge in [0, 0.05) is 34.2 Å². The summed E-state index contributed by atoms with van der Waals surface area (Å²) in [4.78, 5) is 37.5. The van der Waals surface area contributed by atoms with Crippen molar-refractivity contribution in [2.24, 2.45) is 0 Å². The lowest BCUT2D eigenvalue weighted by Gasteiger charge is -2.08. The number of hydrazine groups is 1. The first-order valence-electron chi connectivity index (χ1n) is 10.1. The number of hydrogen-bond donors (Lipinski definition) is 2. The molecule has 7 nitrogen and oxygen atoms in total. The molecule has 0 aliphatic rings. The number of halogens is 1. The number of para-hydroxylation sites is 2. The third kappa shape index (κ3) is 5.85. The molecule has 4 rings (SSSR count). The number of hydrogen-bond acceptors (Lipinski definition) is 5. The topological polar surface area (TPSA) is 93.3 Å². The van der Waals surface area contributed by atoms with Crippen LogP contribution in [0.4, 0.5) is 0 Å². The molecule has 0 saturated carbocycles. The molecule has 2 N–H and O–H groups in total. The minimum atomic E-state index is -0.526. The van der Waals surface area contributed by atoms with Gasteiger partial charge >= 0.3 is 5.76 Å². The molecule has 1 aromatic heterocycles. The SMILES string of the molecule is O=C(CCn1c(=O)oc2ccccc21)NNC(=O)c1ccc(CSc2ccc(Cl)cc2)cc1. The molecular weight excluding hydrogens is 462 g/mol. The van der Waals surface area contributed by atoms with E-state index >= 15 is 0 Å². The molecule has 0 fully saturated rings. The molecule has 0 atom stereocenters. The average Bonchev–Trinajstić information content (AvgIpc) is 3.16. The summed E-state index contributed by atoms with van der Waals surface area (Å²) in [7, 11) is 0. The summed E-state index contributed by atoms with van der Waals surface area (Å²) in [5.41, 5.74) is 7.34. The van der Waals surface area contributed by atoms with Gasteiger partial charge in [-0.1, -0.05) is 35.9 Å². The number of oxazole rings is 1. The molecule has 33 heavy (non-hydrogen) atoms.